The molecule has 9 heteroatoms. The topological polar surface area (TPSA) is 50.7 Å². The highest BCUT2D eigenvalue weighted by Crippen LogP contribution is 2.30. The van der Waals surface area contributed by atoms with Crippen LogP contribution in [0.15, 0.2) is 71.2 Å². The first kappa shape index (κ1) is 19.6. The van der Waals surface area contributed by atoms with Crippen molar-refractivity contribution in [1.82, 2.24) is 0 Å². The highest BCUT2D eigenvalue weighted by Gasteiger charge is 2.30. The van der Waals surface area contributed by atoms with Crippen LogP contribution in [-0.4, -0.2) is 11.8 Å². The van der Waals surface area contributed by atoms with Crippen molar-refractivity contribution in [3.05, 3.63) is 87.9 Å². The van der Waals surface area contributed by atoms with Crippen molar-refractivity contribution in [2.75, 3.05) is 5.32 Å². The average Bonchev–Trinajstić information content (AvgIpc) is 3.17. The molecule has 2 aromatic carbocycles. The summed E-state index contributed by atoms with van der Waals surface area (Å²) in [5.41, 5.74) is -0.196. The predicted octanol–water partition coefficient (Wildman–Crippen LogP) is 5.91. The van der Waals surface area contributed by atoms with Gasteiger partial charge in [0.15, 0.2) is 0 Å². The maximum atomic E-state index is 13.2. The summed E-state index contributed by atoms with van der Waals surface area (Å²) in [6.45, 7) is 0. The SMILES string of the molecule is O=C(Nc1cccc(C(F)(F)F)c1)O/N=C(/c1ccc(F)cc1)c1cccs1. The average molecular weight is 408 g/mol. The number of benzene rings is 2. The fourth-order valence-corrected chi connectivity index (χ4v) is 2.99. The Morgan fingerprint density at radius 3 is 2.43 bits per heavy atom. The molecule has 28 heavy (non-hydrogen) atoms. The van der Waals surface area contributed by atoms with Crippen LogP contribution in [0.1, 0.15) is 16.0 Å². The van der Waals surface area contributed by atoms with E-state index in [4.69, 9.17) is 4.84 Å². The normalized spacial score (nSPS) is 11.9. The van der Waals surface area contributed by atoms with Gasteiger partial charge in [0, 0.05) is 11.3 Å². The zero-order chi connectivity index (χ0) is 20.1. The molecule has 0 spiro atoms. The molecule has 0 atom stereocenters. The molecular formula is C19H12F4N2O2S. The third kappa shape index (κ3) is 4.95. The molecule has 0 saturated carbocycles. The number of rotatable bonds is 4. The number of hydrogen-bond acceptors (Lipinski definition) is 4. The van der Waals surface area contributed by atoms with Crippen LogP contribution in [0.5, 0.6) is 0 Å². The quantitative estimate of drug-likeness (QED) is 0.253. The van der Waals surface area contributed by atoms with Crippen molar-refractivity contribution in [2.24, 2.45) is 5.16 Å². The van der Waals surface area contributed by atoms with Gasteiger partial charge in [0.1, 0.15) is 11.5 Å². The first-order chi connectivity index (χ1) is 13.3. The number of carbonyl (C=O) groups excluding carboxylic acids is 1. The summed E-state index contributed by atoms with van der Waals surface area (Å²) in [6, 6.07) is 13.1. The van der Waals surface area contributed by atoms with Gasteiger partial charge in [0.05, 0.1) is 10.4 Å². The highest BCUT2D eigenvalue weighted by molar-refractivity contribution is 7.12. The molecule has 0 radical (unpaired) electrons. The van der Waals surface area contributed by atoms with E-state index >= 15 is 0 Å². The maximum Gasteiger partial charge on any atom is 0.437 e. The Morgan fingerprint density at radius 2 is 1.79 bits per heavy atom. The first-order valence-electron chi connectivity index (χ1n) is 7.86. The fourth-order valence-electron chi connectivity index (χ4n) is 2.26. The van der Waals surface area contributed by atoms with Gasteiger partial charge in [-0.2, -0.15) is 13.2 Å². The molecule has 1 amide bonds. The number of alkyl halides is 3. The smallest absolute Gasteiger partial charge is 0.297 e. The second-order valence-corrected chi connectivity index (χ2v) is 6.45. The van der Waals surface area contributed by atoms with Crippen molar-refractivity contribution < 1.29 is 27.2 Å². The van der Waals surface area contributed by atoms with Gasteiger partial charge in [-0.25, -0.2) is 9.18 Å². The zero-order valence-electron chi connectivity index (χ0n) is 14.0. The number of carbonyl (C=O) groups is 1. The molecule has 1 aromatic heterocycles. The lowest BCUT2D eigenvalue weighted by Crippen LogP contribution is -2.14. The number of oxime groups is 1. The summed E-state index contributed by atoms with van der Waals surface area (Å²) in [5.74, 6) is -0.433. The summed E-state index contributed by atoms with van der Waals surface area (Å²) >= 11 is 1.33. The van der Waals surface area contributed by atoms with E-state index in [2.05, 4.69) is 10.5 Å². The number of anilines is 1. The van der Waals surface area contributed by atoms with Gasteiger partial charge in [-0.3, -0.25) is 10.2 Å². The van der Waals surface area contributed by atoms with Gasteiger partial charge < -0.3 is 0 Å². The van der Waals surface area contributed by atoms with Gasteiger partial charge in [-0.05, 0) is 53.9 Å². The minimum Gasteiger partial charge on any atom is -0.297 e. The van der Waals surface area contributed by atoms with Gasteiger partial charge in [0.2, 0.25) is 0 Å². The summed E-state index contributed by atoms with van der Waals surface area (Å²) in [5, 5.41) is 7.78. The third-order valence-corrected chi connectivity index (χ3v) is 4.40. The van der Waals surface area contributed by atoms with Crippen LogP contribution in [0.25, 0.3) is 0 Å². The van der Waals surface area contributed by atoms with Crippen LogP contribution in [-0.2, 0) is 11.0 Å². The summed E-state index contributed by atoms with van der Waals surface area (Å²) in [7, 11) is 0. The number of halogens is 4. The van der Waals surface area contributed by atoms with Crippen molar-refractivity contribution >= 4 is 28.8 Å². The maximum absolute atomic E-state index is 13.2. The van der Waals surface area contributed by atoms with Crippen molar-refractivity contribution in [1.29, 1.82) is 0 Å². The highest BCUT2D eigenvalue weighted by atomic mass is 32.1. The molecule has 0 aliphatic carbocycles. The Labute approximate surface area is 161 Å². The molecule has 1 N–H and O–H groups in total. The molecule has 0 aliphatic rings. The molecule has 4 nitrogen and oxygen atoms in total. The van der Waals surface area contributed by atoms with Crippen LogP contribution >= 0.6 is 11.3 Å². The molecular weight excluding hydrogens is 396 g/mol. The molecule has 0 saturated heterocycles. The Kier molecular flexibility index (Phi) is 5.74. The van der Waals surface area contributed by atoms with Crippen LogP contribution < -0.4 is 5.32 Å². The molecule has 0 unspecified atom stereocenters. The van der Waals surface area contributed by atoms with Crippen LogP contribution in [0.2, 0.25) is 0 Å². The summed E-state index contributed by atoms with van der Waals surface area (Å²) in [4.78, 5) is 17.4. The minimum atomic E-state index is -4.53. The van der Waals surface area contributed by atoms with Gasteiger partial charge in [0.25, 0.3) is 0 Å². The first-order valence-corrected chi connectivity index (χ1v) is 8.74. The number of hydrogen-bond donors (Lipinski definition) is 1. The summed E-state index contributed by atoms with van der Waals surface area (Å²) < 4.78 is 51.4. The van der Waals surface area contributed by atoms with Crippen molar-refractivity contribution in [2.45, 2.75) is 6.18 Å². The number of nitrogens with one attached hydrogen (secondary N) is 1. The second-order valence-electron chi connectivity index (χ2n) is 5.51. The molecule has 0 aliphatic heterocycles. The largest absolute Gasteiger partial charge is 0.437 e. The van der Waals surface area contributed by atoms with E-state index in [9.17, 15) is 22.4 Å². The molecule has 3 rings (SSSR count). The molecule has 3 aromatic rings. The predicted molar refractivity (Wildman–Crippen MR) is 97.9 cm³/mol. The van der Waals surface area contributed by atoms with Gasteiger partial charge >= 0.3 is 12.3 Å². The third-order valence-electron chi connectivity index (χ3n) is 3.53. The van der Waals surface area contributed by atoms with E-state index in [-0.39, 0.29) is 11.4 Å². The standard InChI is InChI=1S/C19H12F4N2O2S/c20-14-8-6-12(7-9-14)17(16-5-2-10-28-16)25-27-18(26)24-15-4-1-3-13(11-15)19(21,22)23/h1-11H,(H,24,26)/b25-17-. The zero-order valence-corrected chi connectivity index (χ0v) is 14.9. The van der Waals surface area contributed by atoms with Crippen molar-refractivity contribution in [3.63, 3.8) is 0 Å². The van der Waals surface area contributed by atoms with E-state index in [1.807, 2.05) is 0 Å². The molecule has 0 bridgehead atoms. The van der Waals surface area contributed by atoms with E-state index in [0.29, 0.717) is 10.4 Å². The molecule has 144 valence electrons. The summed E-state index contributed by atoms with van der Waals surface area (Å²) in [6.07, 6.45) is -5.59. The lowest BCUT2D eigenvalue weighted by molar-refractivity contribution is -0.137. The van der Waals surface area contributed by atoms with Gasteiger partial charge in [-0.1, -0.05) is 17.3 Å². The van der Waals surface area contributed by atoms with Crippen LogP contribution in [0.4, 0.5) is 28.0 Å². The Hall–Kier alpha value is -3.20. The monoisotopic (exact) mass is 408 g/mol. The number of nitrogens with zero attached hydrogens (tertiary/aromatic N) is 1. The fraction of sp³-hybridized carbons (Fsp3) is 0.0526. The Balaban J connectivity index is 1.78. The van der Waals surface area contributed by atoms with Crippen LogP contribution in [0.3, 0.4) is 0 Å². The molecule has 0 fully saturated rings. The Bertz CT molecular complexity index is 984. The van der Waals surface area contributed by atoms with E-state index in [0.717, 1.165) is 18.2 Å². The second kappa shape index (κ2) is 8.22. The van der Waals surface area contributed by atoms with E-state index in [1.165, 1.54) is 41.7 Å². The molecule has 1 heterocycles. The van der Waals surface area contributed by atoms with Gasteiger partial charge in [-0.15, -0.1) is 11.3 Å². The van der Waals surface area contributed by atoms with Crippen LogP contribution in [0, 0.1) is 5.82 Å². The minimum absolute atomic E-state index is 0.0884. The lowest BCUT2D eigenvalue weighted by atomic mass is 10.1. The van der Waals surface area contributed by atoms with E-state index < -0.39 is 23.7 Å². The van der Waals surface area contributed by atoms with E-state index in [1.54, 1.807) is 17.5 Å². The number of thiophene rings is 1. The lowest BCUT2D eigenvalue weighted by Gasteiger charge is -2.09. The Morgan fingerprint density at radius 1 is 1.04 bits per heavy atom. The number of amides is 1. The van der Waals surface area contributed by atoms with Crippen molar-refractivity contribution in [3.8, 4) is 0 Å².